The summed E-state index contributed by atoms with van der Waals surface area (Å²) in [6.07, 6.45) is 0. The van der Waals surface area contributed by atoms with Crippen LogP contribution in [0.15, 0.2) is 53.4 Å². The van der Waals surface area contributed by atoms with E-state index in [9.17, 15) is 4.79 Å². The van der Waals surface area contributed by atoms with Gasteiger partial charge in [0.2, 0.25) is 0 Å². The zero-order valence-corrected chi connectivity index (χ0v) is 13.1. The summed E-state index contributed by atoms with van der Waals surface area (Å²) in [6, 6.07) is 15.1. The van der Waals surface area contributed by atoms with Gasteiger partial charge in [0, 0.05) is 16.7 Å². The van der Waals surface area contributed by atoms with Crippen molar-refractivity contribution in [2.24, 2.45) is 0 Å². The number of hydrogen-bond acceptors (Lipinski definition) is 2. The molecule has 2 aromatic rings. The Balaban J connectivity index is 1.87. The fourth-order valence-corrected chi connectivity index (χ4v) is 3.62. The molecule has 0 unspecified atom stereocenters. The number of amides is 2. The minimum atomic E-state index is -0.150. The molecule has 5 heteroatoms. The summed E-state index contributed by atoms with van der Waals surface area (Å²) in [5.41, 5.74) is 1.58. The Morgan fingerprint density at radius 2 is 1.95 bits per heavy atom. The van der Waals surface area contributed by atoms with Crippen LogP contribution in [0.4, 0.5) is 16.2 Å². The molecule has 0 saturated carbocycles. The Labute approximate surface area is 133 Å². The Morgan fingerprint density at radius 3 is 2.76 bits per heavy atom. The van der Waals surface area contributed by atoms with Crippen LogP contribution in [-0.4, -0.2) is 17.8 Å². The molecule has 1 N–H and O–H groups in total. The zero-order chi connectivity index (χ0) is 14.8. The topological polar surface area (TPSA) is 32.3 Å². The third kappa shape index (κ3) is 3.01. The zero-order valence-electron chi connectivity index (χ0n) is 11.5. The third-order valence-electron chi connectivity index (χ3n) is 3.28. The number of halogens is 1. The molecule has 0 aromatic heterocycles. The molecule has 3 rings (SSSR count). The monoisotopic (exact) mass is 318 g/mol. The van der Waals surface area contributed by atoms with Gasteiger partial charge in [-0.3, -0.25) is 4.90 Å². The first-order valence-electron chi connectivity index (χ1n) is 6.74. The highest BCUT2D eigenvalue weighted by Crippen LogP contribution is 2.38. The van der Waals surface area contributed by atoms with E-state index < -0.39 is 0 Å². The van der Waals surface area contributed by atoms with Crippen LogP contribution < -0.4 is 10.2 Å². The lowest BCUT2D eigenvalue weighted by molar-refractivity contribution is 0.256. The Hall–Kier alpha value is -1.65. The summed E-state index contributed by atoms with van der Waals surface area (Å²) in [6.45, 7) is 2.80. The largest absolute Gasteiger partial charge is 0.326 e. The standard InChI is InChI=1S/C16H15ClN2OS/c1-11-10-19(14-8-4-5-9-15(14)21-11)16(20)18-13-7-3-2-6-12(13)17/h2-9,11H,10H2,1H3,(H,18,20)/t11-/m1/s1. The van der Waals surface area contributed by atoms with Gasteiger partial charge < -0.3 is 5.32 Å². The maximum atomic E-state index is 12.6. The predicted molar refractivity (Wildman–Crippen MR) is 89.6 cm³/mol. The predicted octanol–water partition coefficient (Wildman–Crippen LogP) is 4.87. The molecule has 1 aliphatic rings. The second kappa shape index (κ2) is 6.00. The Bertz CT molecular complexity index is 677. The van der Waals surface area contributed by atoms with Gasteiger partial charge in [0.15, 0.2) is 0 Å². The molecule has 2 amide bonds. The highest BCUT2D eigenvalue weighted by molar-refractivity contribution is 8.00. The molecule has 0 radical (unpaired) electrons. The number of para-hydroxylation sites is 2. The number of rotatable bonds is 1. The van der Waals surface area contributed by atoms with E-state index in [0.717, 1.165) is 10.6 Å². The van der Waals surface area contributed by atoms with Gasteiger partial charge >= 0.3 is 6.03 Å². The molecular formula is C16H15ClN2OS. The van der Waals surface area contributed by atoms with Crippen LogP contribution >= 0.6 is 23.4 Å². The summed E-state index contributed by atoms with van der Waals surface area (Å²) in [5, 5.41) is 3.79. The average molecular weight is 319 g/mol. The van der Waals surface area contributed by atoms with Gasteiger partial charge in [-0.25, -0.2) is 4.79 Å². The molecule has 0 fully saturated rings. The van der Waals surface area contributed by atoms with Gasteiger partial charge in [-0.2, -0.15) is 0 Å². The fraction of sp³-hybridized carbons (Fsp3) is 0.188. The molecular weight excluding hydrogens is 304 g/mol. The van der Waals surface area contributed by atoms with E-state index in [1.165, 1.54) is 0 Å². The fourth-order valence-electron chi connectivity index (χ4n) is 2.33. The van der Waals surface area contributed by atoms with E-state index >= 15 is 0 Å². The number of thioether (sulfide) groups is 1. The number of fused-ring (bicyclic) bond motifs is 1. The van der Waals surface area contributed by atoms with E-state index in [4.69, 9.17) is 11.6 Å². The van der Waals surface area contributed by atoms with Crippen LogP contribution in [0.1, 0.15) is 6.92 Å². The highest BCUT2D eigenvalue weighted by atomic mass is 35.5. The smallest absolute Gasteiger partial charge is 0.306 e. The van der Waals surface area contributed by atoms with Crippen molar-refractivity contribution in [3.8, 4) is 0 Å². The Kier molecular flexibility index (Phi) is 4.08. The van der Waals surface area contributed by atoms with Crippen molar-refractivity contribution >= 4 is 40.8 Å². The first-order valence-corrected chi connectivity index (χ1v) is 7.99. The second-order valence-electron chi connectivity index (χ2n) is 4.92. The first-order chi connectivity index (χ1) is 10.1. The van der Waals surface area contributed by atoms with Gasteiger partial charge in [0.25, 0.3) is 0 Å². The molecule has 21 heavy (non-hydrogen) atoms. The number of nitrogens with one attached hydrogen (secondary N) is 1. The van der Waals surface area contributed by atoms with Crippen molar-refractivity contribution in [3.05, 3.63) is 53.6 Å². The minimum absolute atomic E-state index is 0.150. The van der Waals surface area contributed by atoms with Gasteiger partial charge in [0.05, 0.1) is 16.4 Å². The maximum absolute atomic E-state index is 12.6. The van der Waals surface area contributed by atoms with E-state index in [2.05, 4.69) is 12.2 Å². The van der Waals surface area contributed by atoms with Crippen molar-refractivity contribution in [1.82, 2.24) is 0 Å². The molecule has 1 atom stereocenters. The van der Waals surface area contributed by atoms with Crippen molar-refractivity contribution in [2.75, 3.05) is 16.8 Å². The normalized spacial score (nSPS) is 17.2. The lowest BCUT2D eigenvalue weighted by Crippen LogP contribution is -2.41. The van der Waals surface area contributed by atoms with Crippen molar-refractivity contribution in [1.29, 1.82) is 0 Å². The first kappa shape index (κ1) is 14.3. The highest BCUT2D eigenvalue weighted by Gasteiger charge is 2.26. The summed E-state index contributed by atoms with van der Waals surface area (Å²) in [7, 11) is 0. The van der Waals surface area contributed by atoms with Crippen molar-refractivity contribution in [2.45, 2.75) is 17.1 Å². The number of urea groups is 1. The number of hydrogen-bond donors (Lipinski definition) is 1. The van der Waals surface area contributed by atoms with Crippen LogP contribution in [0.2, 0.25) is 5.02 Å². The van der Waals surface area contributed by atoms with Gasteiger partial charge in [-0.15, -0.1) is 11.8 Å². The van der Waals surface area contributed by atoms with E-state index in [0.29, 0.717) is 22.5 Å². The summed E-state index contributed by atoms with van der Waals surface area (Å²) in [5.74, 6) is 0. The molecule has 1 aliphatic heterocycles. The molecule has 0 bridgehead atoms. The lowest BCUT2D eigenvalue weighted by atomic mass is 10.2. The maximum Gasteiger partial charge on any atom is 0.326 e. The molecule has 0 aliphatic carbocycles. The minimum Gasteiger partial charge on any atom is -0.306 e. The van der Waals surface area contributed by atoms with Crippen LogP contribution in [0.25, 0.3) is 0 Å². The quantitative estimate of drug-likeness (QED) is 0.813. The Morgan fingerprint density at radius 1 is 1.24 bits per heavy atom. The molecule has 0 spiro atoms. The second-order valence-corrected chi connectivity index (χ2v) is 6.80. The molecule has 0 saturated heterocycles. The summed E-state index contributed by atoms with van der Waals surface area (Å²) < 4.78 is 0. The number of carbonyl (C=O) groups is 1. The van der Waals surface area contributed by atoms with Gasteiger partial charge in [0.1, 0.15) is 0 Å². The van der Waals surface area contributed by atoms with E-state index in [-0.39, 0.29) is 6.03 Å². The number of anilines is 2. The van der Waals surface area contributed by atoms with Crippen LogP contribution in [-0.2, 0) is 0 Å². The molecule has 1 heterocycles. The number of nitrogens with zero attached hydrogens (tertiary/aromatic N) is 1. The van der Waals surface area contributed by atoms with E-state index in [1.807, 2.05) is 36.4 Å². The SMILES string of the molecule is C[C@@H]1CN(C(=O)Nc2ccccc2Cl)c2ccccc2S1. The van der Waals surface area contributed by atoms with Crippen LogP contribution in [0.5, 0.6) is 0 Å². The molecule has 3 nitrogen and oxygen atoms in total. The lowest BCUT2D eigenvalue weighted by Gasteiger charge is -2.32. The molecule has 2 aromatic carbocycles. The summed E-state index contributed by atoms with van der Waals surface area (Å²) >= 11 is 7.89. The van der Waals surface area contributed by atoms with Crippen LogP contribution in [0.3, 0.4) is 0 Å². The van der Waals surface area contributed by atoms with E-state index in [1.54, 1.807) is 28.8 Å². The van der Waals surface area contributed by atoms with Crippen molar-refractivity contribution < 1.29 is 4.79 Å². The molecule has 108 valence electrons. The van der Waals surface area contributed by atoms with Crippen molar-refractivity contribution in [3.63, 3.8) is 0 Å². The van der Waals surface area contributed by atoms with Gasteiger partial charge in [-0.05, 0) is 24.3 Å². The number of carbonyl (C=O) groups excluding carboxylic acids is 1. The van der Waals surface area contributed by atoms with Gasteiger partial charge in [-0.1, -0.05) is 42.8 Å². The summed E-state index contributed by atoms with van der Waals surface area (Å²) in [4.78, 5) is 15.5. The average Bonchev–Trinajstić information content (AvgIpc) is 2.48. The van der Waals surface area contributed by atoms with Crippen LogP contribution in [0, 0.1) is 0 Å². The number of benzene rings is 2. The third-order valence-corrected chi connectivity index (χ3v) is 4.76.